The molecule has 0 atom stereocenters. The normalized spacial score (nSPS) is 16.2. The highest BCUT2D eigenvalue weighted by Gasteiger charge is 2.32. The van der Waals surface area contributed by atoms with Gasteiger partial charge in [0.25, 0.3) is 0 Å². The molecule has 2 aromatic rings. The van der Waals surface area contributed by atoms with Crippen LogP contribution in [0.15, 0.2) is 30.3 Å². The summed E-state index contributed by atoms with van der Waals surface area (Å²) < 4.78 is 12.3. The summed E-state index contributed by atoms with van der Waals surface area (Å²) in [6.45, 7) is 4.28. The van der Waals surface area contributed by atoms with Crippen LogP contribution in [-0.4, -0.2) is 11.4 Å². The molecule has 0 spiro atoms. The number of ether oxygens (including phenoxy) is 2. The maximum atomic E-state index is 12.1. The first-order chi connectivity index (χ1) is 9.93. The molecule has 0 saturated heterocycles. The summed E-state index contributed by atoms with van der Waals surface area (Å²) in [5.74, 6) is 1.39. The van der Waals surface area contributed by atoms with E-state index in [-0.39, 0.29) is 5.78 Å². The maximum absolute atomic E-state index is 12.1. The summed E-state index contributed by atoms with van der Waals surface area (Å²) in [5.41, 5.74) is 0.158. The van der Waals surface area contributed by atoms with E-state index in [0.717, 1.165) is 9.21 Å². The summed E-state index contributed by atoms with van der Waals surface area (Å²) >= 11 is 7.38. The summed E-state index contributed by atoms with van der Waals surface area (Å²) in [6.07, 6.45) is 0.397. The molecule has 5 heteroatoms. The quantitative estimate of drug-likeness (QED) is 0.820. The lowest BCUT2D eigenvalue weighted by molar-refractivity contribution is 0.0618. The molecule has 1 aromatic heterocycles. The third kappa shape index (κ3) is 3.22. The molecule has 1 aliphatic heterocycles. The molecule has 0 saturated carbocycles. The smallest absolute Gasteiger partial charge is 0.170 e. The van der Waals surface area contributed by atoms with E-state index in [9.17, 15) is 4.79 Å². The maximum Gasteiger partial charge on any atom is 0.170 e. The van der Waals surface area contributed by atoms with Crippen LogP contribution in [0.25, 0.3) is 0 Å². The van der Waals surface area contributed by atoms with E-state index in [1.165, 1.54) is 11.3 Å². The zero-order chi connectivity index (χ0) is 15.0. The summed E-state index contributed by atoms with van der Waals surface area (Å²) in [5, 5.41) is 0. The van der Waals surface area contributed by atoms with Gasteiger partial charge in [0.15, 0.2) is 5.78 Å². The first-order valence-electron chi connectivity index (χ1n) is 6.66. The van der Waals surface area contributed by atoms with Crippen LogP contribution in [0.5, 0.6) is 11.5 Å². The van der Waals surface area contributed by atoms with E-state index in [1.54, 1.807) is 18.2 Å². The number of halogens is 1. The molecular weight excluding hydrogens is 308 g/mol. The van der Waals surface area contributed by atoms with Crippen LogP contribution in [-0.2, 0) is 6.61 Å². The Bertz CT molecular complexity index is 691. The molecule has 3 nitrogen and oxygen atoms in total. The number of carbonyl (C=O) groups excluding carboxylic acids is 1. The lowest BCUT2D eigenvalue weighted by Gasteiger charge is -2.31. The molecule has 0 unspecified atom stereocenters. The van der Waals surface area contributed by atoms with Gasteiger partial charge in [-0.25, -0.2) is 0 Å². The second-order valence-electron chi connectivity index (χ2n) is 5.61. The Morgan fingerprint density at radius 3 is 2.86 bits per heavy atom. The van der Waals surface area contributed by atoms with E-state index in [1.807, 2.05) is 26.0 Å². The van der Waals surface area contributed by atoms with E-state index in [4.69, 9.17) is 21.1 Å². The van der Waals surface area contributed by atoms with Crippen molar-refractivity contribution in [3.8, 4) is 11.5 Å². The minimum Gasteiger partial charge on any atom is -0.488 e. The van der Waals surface area contributed by atoms with Crippen molar-refractivity contribution in [2.24, 2.45) is 0 Å². The summed E-state index contributed by atoms with van der Waals surface area (Å²) in [7, 11) is 0. The van der Waals surface area contributed by atoms with Gasteiger partial charge in [-0.1, -0.05) is 11.6 Å². The van der Waals surface area contributed by atoms with Gasteiger partial charge in [-0.15, -0.1) is 11.3 Å². The number of ketones is 1. The van der Waals surface area contributed by atoms with Crippen molar-refractivity contribution in [2.75, 3.05) is 0 Å². The zero-order valence-electron chi connectivity index (χ0n) is 11.8. The number of carbonyl (C=O) groups is 1. The highest BCUT2D eigenvalue weighted by atomic mass is 35.5. The van der Waals surface area contributed by atoms with Crippen LogP contribution in [0.4, 0.5) is 0 Å². The van der Waals surface area contributed by atoms with Crippen molar-refractivity contribution in [3.05, 3.63) is 45.1 Å². The van der Waals surface area contributed by atoms with E-state index in [2.05, 4.69) is 0 Å². The monoisotopic (exact) mass is 322 g/mol. The van der Waals surface area contributed by atoms with Gasteiger partial charge in [-0.3, -0.25) is 4.79 Å². The topological polar surface area (TPSA) is 35.5 Å². The standard InChI is InChI=1S/C16H15ClO3S/c1-16(2)8-13(18)12-5-3-10(7-14(12)20-16)19-9-11-4-6-15(17)21-11/h3-7H,8-9H2,1-2H3. The highest BCUT2D eigenvalue weighted by Crippen LogP contribution is 2.35. The first-order valence-corrected chi connectivity index (χ1v) is 7.86. The average molecular weight is 323 g/mol. The molecule has 1 aliphatic rings. The molecule has 0 amide bonds. The minimum atomic E-state index is -0.468. The predicted octanol–water partition coefficient (Wildman–Crippen LogP) is 4.72. The van der Waals surface area contributed by atoms with Crippen molar-refractivity contribution in [1.82, 2.24) is 0 Å². The lowest BCUT2D eigenvalue weighted by atomic mass is 9.93. The van der Waals surface area contributed by atoms with Crippen LogP contribution >= 0.6 is 22.9 Å². The SMILES string of the molecule is CC1(C)CC(=O)c2ccc(OCc3ccc(Cl)s3)cc2O1. The fourth-order valence-electron chi connectivity index (χ4n) is 2.31. The molecule has 0 radical (unpaired) electrons. The number of hydrogen-bond donors (Lipinski definition) is 0. The predicted molar refractivity (Wildman–Crippen MR) is 83.8 cm³/mol. The third-order valence-corrected chi connectivity index (χ3v) is 4.44. The van der Waals surface area contributed by atoms with Crippen LogP contribution in [0.1, 0.15) is 35.5 Å². The van der Waals surface area contributed by atoms with E-state index in [0.29, 0.717) is 30.1 Å². The minimum absolute atomic E-state index is 0.109. The molecule has 2 heterocycles. The molecule has 0 fully saturated rings. The Balaban J connectivity index is 1.78. The number of Topliss-reactive ketones (excluding diaryl/α,β-unsaturated/α-hetero) is 1. The zero-order valence-corrected chi connectivity index (χ0v) is 13.4. The second kappa shape index (κ2) is 5.35. The number of rotatable bonds is 3. The van der Waals surface area contributed by atoms with E-state index >= 15 is 0 Å². The van der Waals surface area contributed by atoms with Gasteiger partial charge < -0.3 is 9.47 Å². The summed E-state index contributed by atoms with van der Waals surface area (Å²) in [6, 6.07) is 9.14. The van der Waals surface area contributed by atoms with Crippen LogP contribution in [0.2, 0.25) is 4.34 Å². The Morgan fingerprint density at radius 2 is 2.14 bits per heavy atom. The Hall–Kier alpha value is -1.52. The van der Waals surface area contributed by atoms with Crippen LogP contribution in [0, 0.1) is 0 Å². The average Bonchev–Trinajstić information content (AvgIpc) is 2.80. The van der Waals surface area contributed by atoms with Gasteiger partial charge in [0.2, 0.25) is 0 Å². The van der Waals surface area contributed by atoms with Crippen LogP contribution < -0.4 is 9.47 Å². The number of thiophene rings is 1. The van der Waals surface area contributed by atoms with Gasteiger partial charge in [0.05, 0.1) is 16.3 Å². The number of fused-ring (bicyclic) bond motifs is 1. The highest BCUT2D eigenvalue weighted by molar-refractivity contribution is 7.16. The van der Waals surface area contributed by atoms with Crippen molar-refractivity contribution in [3.63, 3.8) is 0 Å². The number of hydrogen-bond acceptors (Lipinski definition) is 4. The molecule has 3 rings (SSSR count). The molecule has 21 heavy (non-hydrogen) atoms. The molecule has 110 valence electrons. The fraction of sp³-hybridized carbons (Fsp3) is 0.312. The van der Waals surface area contributed by atoms with Crippen LogP contribution in [0.3, 0.4) is 0 Å². The van der Waals surface area contributed by atoms with Gasteiger partial charge in [0.1, 0.15) is 23.7 Å². The van der Waals surface area contributed by atoms with Gasteiger partial charge in [-0.05, 0) is 38.1 Å². The Kier molecular flexibility index (Phi) is 3.68. The summed E-state index contributed by atoms with van der Waals surface area (Å²) in [4.78, 5) is 13.1. The molecule has 0 bridgehead atoms. The Labute approximate surface area is 132 Å². The van der Waals surface area contributed by atoms with Gasteiger partial charge >= 0.3 is 0 Å². The largest absolute Gasteiger partial charge is 0.488 e. The van der Waals surface area contributed by atoms with Crippen molar-refractivity contribution in [1.29, 1.82) is 0 Å². The van der Waals surface area contributed by atoms with Crippen molar-refractivity contribution < 1.29 is 14.3 Å². The van der Waals surface area contributed by atoms with Gasteiger partial charge in [0, 0.05) is 10.9 Å². The first kappa shape index (κ1) is 14.4. The molecular formula is C16H15ClO3S. The molecule has 1 aromatic carbocycles. The molecule has 0 aliphatic carbocycles. The third-order valence-electron chi connectivity index (χ3n) is 3.24. The number of benzene rings is 1. The molecule has 0 N–H and O–H groups in total. The Morgan fingerprint density at radius 1 is 1.33 bits per heavy atom. The van der Waals surface area contributed by atoms with Crippen molar-refractivity contribution >= 4 is 28.7 Å². The lowest BCUT2D eigenvalue weighted by Crippen LogP contribution is -2.35. The fourth-order valence-corrected chi connectivity index (χ4v) is 3.31. The second-order valence-corrected chi connectivity index (χ2v) is 7.41. The van der Waals surface area contributed by atoms with Crippen molar-refractivity contribution in [2.45, 2.75) is 32.5 Å². The van der Waals surface area contributed by atoms with Gasteiger partial charge in [-0.2, -0.15) is 0 Å². The van der Waals surface area contributed by atoms with E-state index < -0.39 is 5.60 Å².